The molecule has 1 atom stereocenters. The lowest BCUT2D eigenvalue weighted by molar-refractivity contribution is -0.116. The molecule has 29 heavy (non-hydrogen) atoms. The molecule has 148 valence electrons. The van der Waals surface area contributed by atoms with Gasteiger partial charge in [0, 0.05) is 45.6 Å². The zero-order valence-electron chi connectivity index (χ0n) is 15.9. The van der Waals surface area contributed by atoms with Crippen molar-refractivity contribution in [1.29, 1.82) is 0 Å². The second-order valence-corrected chi connectivity index (χ2v) is 7.72. The summed E-state index contributed by atoms with van der Waals surface area (Å²) in [4.78, 5) is 26.1. The average molecular weight is 411 g/mol. The van der Waals surface area contributed by atoms with Crippen LogP contribution in [-0.4, -0.2) is 11.7 Å². The van der Waals surface area contributed by atoms with Crippen molar-refractivity contribution in [2.75, 3.05) is 5.32 Å². The van der Waals surface area contributed by atoms with Gasteiger partial charge in [-0.3, -0.25) is 9.59 Å². The molecule has 1 aliphatic heterocycles. The molecule has 1 heterocycles. The monoisotopic (exact) mass is 410 g/mol. The maximum atomic E-state index is 13.5. The topological polar surface area (TPSA) is 58.2 Å². The molecule has 0 bridgehead atoms. The molecule has 4 nitrogen and oxygen atoms in total. The van der Waals surface area contributed by atoms with Gasteiger partial charge in [-0.25, -0.2) is 4.39 Å². The summed E-state index contributed by atoms with van der Waals surface area (Å²) in [7, 11) is 0. The molecule has 1 unspecified atom stereocenters. The molecular weight excluding hydrogens is 391 g/mol. The van der Waals surface area contributed by atoms with Gasteiger partial charge in [-0.2, -0.15) is 0 Å². The van der Waals surface area contributed by atoms with Gasteiger partial charge in [-0.1, -0.05) is 29.8 Å². The molecule has 0 fully saturated rings. The third kappa shape index (κ3) is 3.83. The van der Waals surface area contributed by atoms with E-state index in [9.17, 15) is 14.0 Å². The van der Waals surface area contributed by atoms with E-state index in [-0.39, 0.29) is 11.7 Å². The van der Waals surface area contributed by atoms with Gasteiger partial charge in [0.05, 0.1) is 0 Å². The van der Waals surface area contributed by atoms with Crippen molar-refractivity contribution >= 4 is 29.0 Å². The average Bonchev–Trinajstić information content (AvgIpc) is 2.67. The first kappa shape index (κ1) is 19.4. The smallest absolute Gasteiger partial charge is 0.254 e. The van der Waals surface area contributed by atoms with Crippen LogP contribution in [0, 0.1) is 5.82 Å². The minimum atomic E-state index is -0.495. The van der Waals surface area contributed by atoms with Crippen LogP contribution in [0.4, 0.5) is 10.1 Å². The third-order valence-corrected chi connectivity index (χ3v) is 5.56. The van der Waals surface area contributed by atoms with Crippen molar-refractivity contribution in [3.8, 4) is 0 Å². The van der Waals surface area contributed by atoms with E-state index in [2.05, 4.69) is 10.6 Å². The highest BCUT2D eigenvalue weighted by Crippen LogP contribution is 2.42. The first-order chi connectivity index (χ1) is 13.9. The number of carbonyl (C=O) groups is 2. The van der Waals surface area contributed by atoms with Gasteiger partial charge in [0.25, 0.3) is 5.91 Å². The second-order valence-electron chi connectivity index (χ2n) is 7.28. The van der Waals surface area contributed by atoms with Gasteiger partial charge in [-0.15, -0.1) is 0 Å². The van der Waals surface area contributed by atoms with Crippen LogP contribution in [0.25, 0.3) is 0 Å². The van der Waals surface area contributed by atoms with Crippen LogP contribution < -0.4 is 10.6 Å². The zero-order valence-corrected chi connectivity index (χ0v) is 16.6. The Hall–Kier alpha value is -2.92. The Kier molecular flexibility index (Phi) is 5.24. The van der Waals surface area contributed by atoms with Gasteiger partial charge in [0.1, 0.15) is 5.82 Å². The summed E-state index contributed by atoms with van der Waals surface area (Å²) in [5.74, 6) is -1.26. The number of allylic oxidation sites excluding steroid dienone is 3. The van der Waals surface area contributed by atoms with Crippen LogP contribution in [0.3, 0.4) is 0 Å². The lowest BCUT2D eigenvalue weighted by Gasteiger charge is -2.34. The molecule has 2 aromatic carbocycles. The molecule has 2 aliphatic rings. The number of ketones is 1. The van der Waals surface area contributed by atoms with Crippen molar-refractivity contribution < 1.29 is 14.0 Å². The fraction of sp³-hybridized carbons (Fsp3) is 0.217. The third-order valence-electron chi connectivity index (χ3n) is 5.31. The maximum Gasteiger partial charge on any atom is 0.254 e. The largest absolute Gasteiger partial charge is 0.362 e. The van der Waals surface area contributed by atoms with E-state index in [4.69, 9.17) is 11.6 Å². The number of amides is 1. The molecule has 0 saturated carbocycles. The summed E-state index contributed by atoms with van der Waals surface area (Å²) >= 11 is 6.05. The van der Waals surface area contributed by atoms with Gasteiger partial charge in [0.2, 0.25) is 0 Å². The van der Waals surface area contributed by atoms with Crippen molar-refractivity contribution in [2.24, 2.45) is 0 Å². The number of carbonyl (C=O) groups excluding carboxylic acids is 2. The highest BCUT2D eigenvalue weighted by Gasteiger charge is 2.38. The molecule has 0 saturated heterocycles. The summed E-state index contributed by atoms with van der Waals surface area (Å²) in [5.41, 5.74) is 3.83. The number of halogens is 2. The Morgan fingerprint density at radius 2 is 1.93 bits per heavy atom. The Morgan fingerprint density at radius 3 is 2.66 bits per heavy atom. The number of hydrogen-bond donors (Lipinski definition) is 2. The lowest BCUT2D eigenvalue weighted by Crippen LogP contribution is -2.35. The summed E-state index contributed by atoms with van der Waals surface area (Å²) in [6.07, 6.45) is 2.01. The number of Topliss-reactive ketones (excluding diaryl/α,β-unsaturated/α-hetero) is 1. The van der Waals surface area contributed by atoms with E-state index in [1.54, 1.807) is 18.2 Å². The Bertz CT molecular complexity index is 1060. The van der Waals surface area contributed by atoms with Crippen molar-refractivity contribution in [3.05, 3.63) is 87.5 Å². The number of hydrogen-bond acceptors (Lipinski definition) is 3. The maximum absolute atomic E-state index is 13.5. The van der Waals surface area contributed by atoms with Crippen molar-refractivity contribution in [3.63, 3.8) is 0 Å². The van der Waals surface area contributed by atoms with Gasteiger partial charge < -0.3 is 10.6 Å². The number of anilines is 1. The molecule has 2 N–H and O–H groups in total. The molecule has 2 aromatic rings. The molecule has 6 heteroatoms. The van der Waals surface area contributed by atoms with Crippen LogP contribution >= 0.6 is 11.6 Å². The van der Waals surface area contributed by atoms with E-state index in [0.717, 1.165) is 24.1 Å². The SMILES string of the molecule is CC1=C(C(=O)Nc2cccc(F)c2)C(c2ccc(Cl)cc2)C2=C(CCCC2=O)N1. The summed E-state index contributed by atoms with van der Waals surface area (Å²) in [5, 5.41) is 6.61. The standard InChI is InChI=1S/C23H20ClFN2O2/c1-13-20(23(29)27-17-5-2-4-16(25)12-17)21(14-8-10-15(24)11-9-14)22-18(26-13)6-3-7-19(22)28/h2,4-5,8-12,21,26H,3,6-7H2,1H3,(H,27,29). The van der Waals surface area contributed by atoms with E-state index < -0.39 is 11.7 Å². The van der Waals surface area contributed by atoms with E-state index in [0.29, 0.717) is 34.0 Å². The summed E-state index contributed by atoms with van der Waals surface area (Å²) in [6, 6.07) is 12.9. The van der Waals surface area contributed by atoms with Gasteiger partial charge >= 0.3 is 0 Å². The molecule has 0 aromatic heterocycles. The highest BCUT2D eigenvalue weighted by molar-refractivity contribution is 6.30. The Morgan fingerprint density at radius 1 is 1.17 bits per heavy atom. The molecule has 1 aliphatic carbocycles. The quantitative estimate of drug-likeness (QED) is 0.741. The van der Waals surface area contributed by atoms with E-state index in [1.165, 1.54) is 18.2 Å². The number of rotatable bonds is 3. The second kappa shape index (κ2) is 7.84. The van der Waals surface area contributed by atoms with E-state index >= 15 is 0 Å². The van der Waals surface area contributed by atoms with Crippen LogP contribution in [0.2, 0.25) is 5.02 Å². The molecule has 0 spiro atoms. The molecular formula is C23H20ClFN2O2. The fourth-order valence-electron chi connectivity index (χ4n) is 4.04. The van der Waals surface area contributed by atoms with E-state index in [1.807, 2.05) is 19.1 Å². The first-order valence-electron chi connectivity index (χ1n) is 9.50. The Labute approximate surface area is 173 Å². The molecule has 0 radical (unpaired) electrons. The van der Waals surface area contributed by atoms with Crippen molar-refractivity contribution in [2.45, 2.75) is 32.1 Å². The molecule has 4 rings (SSSR count). The normalized spacial score (nSPS) is 19.0. The fourth-order valence-corrected chi connectivity index (χ4v) is 4.16. The number of benzene rings is 2. The highest BCUT2D eigenvalue weighted by atomic mass is 35.5. The Balaban J connectivity index is 1.78. The first-order valence-corrected chi connectivity index (χ1v) is 9.88. The molecule has 1 amide bonds. The van der Waals surface area contributed by atoms with Gasteiger partial charge in [0.15, 0.2) is 5.78 Å². The predicted octanol–water partition coefficient (Wildman–Crippen LogP) is 5.09. The zero-order chi connectivity index (χ0) is 20.5. The van der Waals surface area contributed by atoms with Crippen LogP contribution in [0.1, 0.15) is 37.7 Å². The summed E-state index contributed by atoms with van der Waals surface area (Å²) < 4.78 is 13.5. The van der Waals surface area contributed by atoms with Crippen LogP contribution in [0.15, 0.2) is 71.1 Å². The van der Waals surface area contributed by atoms with Crippen LogP contribution in [-0.2, 0) is 9.59 Å². The number of dihydropyridines is 1. The predicted molar refractivity (Wildman–Crippen MR) is 111 cm³/mol. The summed E-state index contributed by atoms with van der Waals surface area (Å²) in [6.45, 7) is 1.83. The number of nitrogens with one attached hydrogen (secondary N) is 2. The van der Waals surface area contributed by atoms with Crippen molar-refractivity contribution in [1.82, 2.24) is 5.32 Å². The minimum absolute atomic E-state index is 0.0438. The lowest BCUT2D eigenvalue weighted by atomic mass is 9.75. The van der Waals surface area contributed by atoms with Crippen LogP contribution in [0.5, 0.6) is 0 Å². The van der Waals surface area contributed by atoms with Gasteiger partial charge in [-0.05, 0) is 55.7 Å². The minimum Gasteiger partial charge on any atom is -0.362 e.